The molecule has 0 saturated carbocycles. The van der Waals surface area contributed by atoms with Gasteiger partial charge in [0.2, 0.25) is 10.0 Å². The molecule has 0 spiro atoms. The van der Waals surface area contributed by atoms with Gasteiger partial charge in [0.1, 0.15) is 10.7 Å². The van der Waals surface area contributed by atoms with E-state index in [1.165, 1.54) is 0 Å². The Labute approximate surface area is 129 Å². The zero-order valence-corrected chi connectivity index (χ0v) is 14.5. The molecular weight excluding hydrogens is 346 g/mol. The zero-order valence-electron chi connectivity index (χ0n) is 12.1. The molecule has 8 heteroatoms. The van der Waals surface area contributed by atoms with Crippen LogP contribution in [0.25, 0.3) is 0 Å². The molecule has 0 amide bonds. The van der Waals surface area contributed by atoms with Gasteiger partial charge in [-0.05, 0) is 36.1 Å². The standard InChI is InChI=1S/C12H22BrN3O3S/c1-4-14-9-10-8-11(12(13)19-10)20(17,18)15-6-7-16(3)5-2/h8,14-15H,4-7,9H2,1-3H3. The summed E-state index contributed by atoms with van der Waals surface area (Å²) < 4.78 is 32.5. The second-order valence-electron chi connectivity index (χ2n) is 4.42. The van der Waals surface area contributed by atoms with Gasteiger partial charge in [-0.1, -0.05) is 13.8 Å². The van der Waals surface area contributed by atoms with E-state index < -0.39 is 10.0 Å². The first-order chi connectivity index (χ1) is 9.40. The van der Waals surface area contributed by atoms with Crippen LogP contribution in [0.5, 0.6) is 0 Å². The van der Waals surface area contributed by atoms with E-state index in [0.29, 0.717) is 25.4 Å². The average molecular weight is 368 g/mol. The quantitative estimate of drug-likeness (QED) is 0.689. The van der Waals surface area contributed by atoms with E-state index in [-0.39, 0.29) is 9.56 Å². The normalized spacial score (nSPS) is 12.2. The maximum atomic E-state index is 12.2. The van der Waals surface area contributed by atoms with Crippen LogP contribution >= 0.6 is 15.9 Å². The molecule has 6 nitrogen and oxygen atoms in total. The van der Waals surface area contributed by atoms with Gasteiger partial charge >= 0.3 is 0 Å². The molecule has 1 heterocycles. The number of nitrogens with one attached hydrogen (secondary N) is 2. The highest BCUT2D eigenvalue weighted by molar-refractivity contribution is 9.10. The van der Waals surface area contributed by atoms with Gasteiger partial charge in [0.25, 0.3) is 0 Å². The van der Waals surface area contributed by atoms with Crippen molar-refractivity contribution < 1.29 is 12.8 Å². The van der Waals surface area contributed by atoms with Gasteiger partial charge < -0.3 is 14.6 Å². The Morgan fingerprint density at radius 1 is 1.40 bits per heavy atom. The van der Waals surface area contributed by atoms with Gasteiger partial charge in [0, 0.05) is 19.2 Å². The first kappa shape index (κ1) is 17.6. The van der Waals surface area contributed by atoms with Crippen LogP contribution in [0.3, 0.4) is 0 Å². The third-order valence-electron chi connectivity index (χ3n) is 2.87. The summed E-state index contributed by atoms with van der Waals surface area (Å²) >= 11 is 3.16. The molecule has 0 bridgehead atoms. The van der Waals surface area contributed by atoms with Crippen LogP contribution in [0.1, 0.15) is 19.6 Å². The first-order valence-electron chi connectivity index (χ1n) is 6.57. The lowest BCUT2D eigenvalue weighted by Gasteiger charge is -2.13. The van der Waals surface area contributed by atoms with Crippen molar-refractivity contribution >= 4 is 26.0 Å². The molecule has 0 unspecified atom stereocenters. The predicted molar refractivity (Wildman–Crippen MR) is 82.1 cm³/mol. The van der Waals surface area contributed by atoms with E-state index >= 15 is 0 Å². The minimum absolute atomic E-state index is 0.143. The molecule has 0 aliphatic rings. The van der Waals surface area contributed by atoms with Crippen LogP contribution in [0.4, 0.5) is 0 Å². The molecular formula is C12H22BrN3O3S. The topological polar surface area (TPSA) is 74.6 Å². The molecule has 2 N–H and O–H groups in total. The summed E-state index contributed by atoms with van der Waals surface area (Å²) in [5.41, 5.74) is 0. The zero-order chi connectivity index (χ0) is 15.2. The van der Waals surface area contributed by atoms with Crippen molar-refractivity contribution in [2.24, 2.45) is 0 Å². The average Bonchev–Trinajstić information content (AvgIpc) is 2.78. The monoisotopic (exact) mass is 367 g/mol. The van der Waals surface area contributed by atoms with Gasteiger partial charge in [0.15, 0.2) is 4.67 Å². The number of sulfonamides is 1. The molecule has 0 radical (unpaired) electrons. The van der Waals surface area contributed by atoms with Gasteiger partial charge in [-0.15, -0.1) is 0 Å². The third kappa shape index (κ3) is 5.17. The van der Waals surface area contributed by atoms with E-state index in [0.717, 1.165) is 13.1 Å². The van der Waals surface area contributed by atoms with Crippen LogP contribution in [-0.2, 0) is 16.6 Å². The molecule has 1 rings (SSSR count). The van der Waals surface area contributed by atoms with Gasteiger partial charge in [-0.2, -0.15) is 0 Å². The molecule has 116 valence electrons. The summed E-state index contributed by atoms with van der Waals surface area (Å²) in [6, 6.07) is 1.54. The summed E-state index contributed by atoms with van der Waals surface area (Å²) in [4.78, 5) is 2.17. The molecule has 1 aromatic rings. The number of furan rings is 1. The molecule has 1 aromatic heterocycles. The van der Waals surface area contributed by atoms with E-state index in [1.54, 1.807) is 6.07 Å². The Balaban J connectivity index is 2.69. The maximum absolute atomic E-state index is 12.2. The van der Waals surface area contributed by atoms with Crippen molar-refractivity contribution in [2.45, 2.75) is 25.3 Å². The van der Waals surface area contributed by atoms with Crippen LogP contribution in [0, 0.1) is 0 Å². The molecule has 0 aliphatic heterocycles. The fourth-order valence-corrected chi connectivity index (χ4v) is 3.54. The van der Waals surface area contributed by atoms with Gasteiger partial charge in [0.05, 0.1) is 6.54 Å². The first-order valence-corrected chi connectivity index (χ1v) is 8.85. The van der Waals surface area contributed by atoms with Gasteiger partial charge in [-0.3, -0.25) is 0 Å². The molecule has 0 aromatic carbocycles. The highest BCUT2D eigenvalue weighted by atomic mass is 79.9. The van der Waals surface area contributed by atoms with Crippen LogP contribution in [0.15, 0.2) is 20.0 Å². The summed E-state index contributed by atoms with van der Waals surface area (Å²) in [7, 11) is -1.60. The van der Waals surface area contributed by atoms with E-state index in [9.17, 15) is 8.42 Å². The van der Waals surface area contributed by atoms with Crippen LogP contribution in [0.2, 0.25) is 0 Å². The fourth-order valence-electron chi connectivity index (χ4n) is 1.52. The predicted octanol–water partition coefficient (Wildman–Crippen LogP) is 1.38. The van der Waals surface area contributed by atoms with E-state index in [1.807, 2.05) is 25.8 Å². The molecule has 0 aliphatic carbocycles. The Morgan fingerprint density at radius 3 is 2.70 bits per heavy atom. The molecule has 0 saturated heterocycles. The van der Waals surface area contributed by atoms with Gasteiger partial charge in [-0.25, -0.2) is 13.1 Å². The lowest BCUT2D eigenvalue weighted by Crippen LogP contribution is -2.32. The smallest absolute Gasteiger partial charge is 0.245 e. The van der Waals surface area contributed by atoms with Crippen molar-refractivity contribution in [3.05, 3.63) is 16.5 Å². The molecule has 20 heavy (non-hydrogen) atoms. The third-order valence-corrected chi connectivity index (χ3v) is 5.19. The Kier molecular flexibility index (Phi) is 7.18. The maximum Gasteiger partial charge on any atom is 0.245 e. The van der Waals surface area contributed by atoms with E-state index in [4.69, 9.17) is 4.42 Å². The second-order valence-corrected chi connectivity index (χ2v) is 6.88. The number of halogens is 1. The van der Waals surface area contributed by atoms with E-state index in [2.05, 4.69) is 26.0 Å². The highest BCUT2D eigenvalue weighted by Crippen LogP contribution is 2.25. The minimum Gasteiger partial charge on any atom is -0.452 e. The number of likely N-dealkylation sites (N-methyl/N-ethyl adjacent to an activating group) is 1. The highest BCUT2D eigenvalue weighted by Gasteiger charge is 2.22. The van der Waals surface area contributed by atoms with Crippen LogP contribution < -0.4 is 10.0 Å². The summed E-state index contributed by atoms with van der Waals surface area (Å²) in [5.74, 6) is 0.588. The summed E-state index contributed by atoms with van der Waals surface area (Å²) in [6.45, 7) is 7.20. The summed E-state index contributed by atoms with van der Waals surface area (Å²) in [5, 5.41) is 3.09. The lowest BCUT2D eigenvalue weighted by atomic mass is 10.4. The largest absolute Gasteiger partial charge is 0.452 e. The van der Waals surface area contributed by atoms with Crippen molar-refractivity contribution in [2.75, 3.05) is 33.2 Å². The van der Waals surface area contributed by atoms with Crippen molar-refractivity contribution in [1.82, 2.24) is 14.9 Å². The Hall–Kier alpha value is -0.410. The number of nitrogens with zero attached hydrogens (tertiary/aromatic N) is 1. The van der Waals surface area contributed by atoms with Crippen molar-refractivity contribution in [3.8, 4) is 0 Å². The Bertz CT molecular complexity index is 516. The SMILES string of the molecule is CCNCc1cc(S(=O)(=O)NCCN(C)CC)c(Br)o1. The number of hydrogen-bond donors (Lipinski definition) is 2. The fraction of sp³-hybridized carbons (Fsp3) is 0.667. The second kappa shape index (κ2) is 8.14. The summed E-state index contributed by atoms with van der Waals surface area (Å²) in [6.07, 6.45) is 0. The molecule has 0 atom stereocenters. The van der Waals surface area contributed by atoms with Crippen LogP contribution in [-0.4, -0.2) is 46.5 Å². The van der Waals surface area contributed by atoms with Crippen molar-refractivity contribution in [1.29, 1.82) is 0 Å². The molecule has 0 fully saturated rings. The number of hydrogen-bond acceptors (Lipinski definition) is 5. The van der Waals surface area contributed by atoms with Crippen molar-refractivity contribution in [3.63, 3.8) is 0 Å². The Morgan fingerprint density at radius 2 is 2.10 bits per heavy atom. The minimum atomic E-state index is -3.54. The lowest BCUT2D eigenvalue weighted by molar-refractivity contribution is 0.358. The number of rotatable bonds is 9.